The number of amides is 2. The first-order chi connectivity index (χ1) is 11.3. The van der Waals surface area contributed by atoms with E-state index in [0.29, 0.717) is 5.92 Å². The molecule has 0 spiro atoms. The van der Waals surface area contributed by atoms with E-state index >= 15 is 0 Å². The van der Waals surface area contributed by atoms with Gasteiger partial charge < -0.3 is 20.0 Å². The molecule has 0 unspecified atom stereocenters. The second-order valence-electron chi connectivity index (χ2n) is 6.26. The first kappa shape index (κ1) is 16.0. The smallest absolute Gasteiger partial charge is 0.317 e. The number of anilines is 1. The van der Waals surface area contributed by atoms with Gasteiger partial charge in [0, 0.05) is 51.7 Å². The summed E-state index contributed by atoms with van der Waals surface area (Å²) < 4.78 is 0. The molecule has 23 heavy (non-hydrogen) atoms. The predicted octanol–water partition coefficient (Wildman–Crippen LogP) is 0.650. The lowest BCUT2D eigenvalue weighted by atomic mass is 10.1. The quantitative estimate of drug-likeness (QED) is 0.883. The molecule has 3 heterocycles. The fourth-order valence-corrected chi connectivity index (χ4v) is 3.27. The molecule has 2 fully saturated rings. The summed E-state index contributed by atoms with van der Waals surface area (Å²) in [5, 5.41) is 3.10. The monoisotopic (exact) mass is 318 g/mol. The Labute approximate surface area is 137 Å². The molecular weight excluding hydrogens is 292 g/mol. The Hall–Kier alpha value is -1.89. The molecule has 1 aromatic heterocycles. The van der Waals surface area contributed by atoms with Crippen LogP contribution in [0.25, 0.3) is 0 Å². The van der Waals surface area contributed by atoms with Crippen LogP contribution in [0.5, 0.6) is 0 Å². The Morgan fingerprint density at radius 3 is 2.61 bits per heavy atom. The zero-order valence-corrected chi connectivity index (χ0v) is 13.8. The van der Waals surface area contributed by atoms with E-state index in [0.717, 1.165) is 58.3 Å². The molecule has 2 amide bonds. The van der Waals surface area contributed by atoms with E-state index in [4.69, 9.17) is 0 Å². The minimum atomic E-state index is 0.0635. The van der Waals surface area contributed by atoms with Crippen LogP contribution in [0.2, 0.25) is 0 Å². The Morgan fingerprint density at radius 1 is 1.22 bits per heavy atom. The third-order valence-electron chi connectivity index (χ3n) is 4.76. The molecule has 7 heteroatoms. The van der Waals surface area contributed by atoms with Gasteiger partial charge in [0.15, 0.2) is 0 Å². The lowest BCUT2D eigenvalue weighted by Gasteiger charge is -2.34. The summed E-state index contributed by atoms with van der Waals surface area (Å²) in [6, 6.07) is 1.88. The standard InChI is InChI=1S/C16H26N6O/c1-2-20-7-4-14(13-20)12-19-16(23)22-10-8-21(9-11-22)15-17-5-3-6-18-15/h3,5-6,14H,2,4,7-13H2,1H3,(H,19,23)/t14-/m0/s1. The molecule has 0 bridgehead atoms. The summed E-state index contributed by atoms with van der Waals surface area (Å²) in [5.41, 5.74) is 0. The first-order valence-electron chi connectivity index (χ1n) is 8.53. The number of piperazine rings is 1. The fourth-order valence-electron chi connectivity index (χ4n) is 3.27. The van der Waals surface area contributed by atoms with Crippen molar-refractivity contribution in [2.24, 2.45) is 5.92 Å². The van der Waals surface area contributed by atoms with Crippen molar-refractivity contribution in [1.29, 1.82) is 0 Å². The topological polar surface area (TPSA) is 64.6 Å². The summed E-state index contributed by atoms with van der Waals surface area (Å²) in [6.07, 6.45) is 4.69. The molecule has 1 N–H and O–H groups in total. The summed E-state index contributed by atoms with van der Waals surface area (Å²) in [5.74, 6) is 1.34. The van der Waals surface area contributed by atoms with Crippen molar-refractivity contribution in [3.63, 3.8) is 0 Å². The van der Waals surface area contributed by atoms with Gasteiger partial charge in [-0.15, -0.1) is 0 Å². The third-order valence-corrected chi connectivity index (χ3v) is 4.76. The molecule has 2 aliphatic heterocycles. The highest BCUT2D eigenvalue weighted by Gasteiger charge is 2.25. The highest BCUT2D eigenvalue weighted by atomic mass is 16.2. The summed E-state index contributed by atoms with van der Waals surface area (Å²) >= 11 is 0. The maximum Gasteiger partial charge on any atom is 0.317 e. The number of nitrogens with zero attached hydrogens (tertiary/aromatic N) is 5. The SMILES string of the molecule is CCN1CC[C@@H](CNC(=O)N2CCN(c3ncccn3)CC2)C1. The van der Waals surface area contributed by atoms with Gasteiger partial charge in [-0.1, -0.05) is 6.92 Å². The Balaban J connectivity index is 1.40. The summed E-state index contributed by atoms with van der Waals surface area (Å²) in [4.78, 5) is 27.3. The number of hydrogen-bond donors (Lipinski definition) is 1. The average molecular weight is 318 g/mol. The third kappa shape index (κ3) is 4.10. The molecular formula is C16H26N6O. The first-order valence-corrected chi connectivity index (χ1v) is 8.53. The van der Waals surface area contributed by atoms with Gasteiger partial charge in [-0.25, -0.2) is 14.8 Å². The van der Waals surface area contributed by atoms with E-state index in [-0.39, 0.29) is 6.03 Å². The summed E-state index contributed by atoms with van der Waals surface area (Å²) in [7, 11) is 0. The Morgan fingerprint density at radius 2 is 1.96 bits per heavy atom. The largest absolute Gasteiger partial charge is 0.338 e. The molecule has 7 nitrogen and oxygen atoms in total. The Kier molecular flexibility index (Phi) is 5.27. The molecule has 126 valence electrons. The van der Waals surface area contributed by atoms with E-state index in [1.165, 1.54) is 6.42 Å². The van der Waals surface area contributed by atoms with Crippen molar-refractivity contribution in [3.05, 3.63) is 18.5 Å². The van der Waals surface area contributed by atoms with Crippen LogP contribution in [-0.4, -0.2) is 78.2 Å². The molecule has 0 saturated carbocycles. The van der Waals surface area contributed by atoms with Crippen molar-refractivity contribution in [3.8, 4) is 0 Å². The molecule has 0 radical (unpaired) electrons. The van der Waals surface area contributed by atoms with Gasteiger partial charge in [-0.2, -0.15) is 0 Å². The number of rotatable bonds is 4. The molecule has 1 aromatic rings. The normalized spacial score (nSPS) is 22.4. The van der Waals surface area contributed by atoms with Gasteiger partial charge in [0.1, 0.15) is 0 Å². The van der Waals surface area contributed by atoms with Crippen molar-refractivity contribution < 1.29 is 4.79 Å². The van der Waals surface area contributed by atoms with Crippen LogP contribution in [-0.2, 0) is 0 Å². The van der Waals surface area contributed by atoms with Crippen molar-refractivity contribution in [2.45, 2.75) is 13.3 Å². The number of carbonyl (C=O) groups is 1. The minimum Gasteiger partial charge on any atom is -0.338 e. The van der Waals surface area contributed by atoms with Crippen LogP contribution in [0.4, 0.5) is 10.7 Å². The van der Waals surface area contributed by atoms with Crippen molar-refractivity contribution >= 4 is 12.0 Å². The zero-order chi connectivity index (χ0) is 16.1. The van der Waals surface area contributed by atoms with Crippen LogP contribution in [0.1, 0.15) is 13.3 Å². The molecule has 2 aliphatic rings. The van der Waals surface area contributed by atoms with Gasteiger partial charge in [0.25, 0.3) is 0 Å². The predicted molar refractivity (Wildman–Crippen MR) is 89.4 cm³/mol. The second-order valence-corrected chi connectivity index (χ2v) is 6.26. The van der Waals surface area contributed by atoms with E-state index in [1.807, 2.05) is 11.0 Å². The van der Waals surface area contributed by atoms with Crippen LogP contribution in [0, 0.1) is 5.92 Å². The highest BCUT2D eigenvalue weighted by molar-refractivity contribution is 5.74. The lowest BCUT2D eigenvalue weighted by Crippen LogP contribution is -2.52. The number of carbonyl (C=O) groups excluding carboxylic acids is 1. The van der Waals surface area contributed by atoms with Gasteiger partial charge >= 0.3 is 6.03 Å². The Bertz CT molecular complexity index is 503. The van der Waals surface area contributed by atoms with Crippen molar-refractivity contribution in [2.75, 3.05) is 57.3 Å². The lowest BCUT2D eigenvalue weighted by molar-refractivity contribution is 0.192. The molecule has 1 atom stereocenters. The highest BCUT2D eigenvalue weighted by Crippen LogP contribution is 2.15. The summed E-state index contributed by atoms with van der Waals surface area (Å²) in [6.45, 7) is 9.35. The molecule has 2 saturated heterocycles. The number of hydrogen-bond acceptors (Lipinski definition) is 5. The number of aromatic nitrogens is 2. The number of nitrogens with one attached hydrogen (secondary N) is 1. The molecule has 0 aromatic carbocycles. The van der Waals surface area contributed by atoms with Crippen LogP contribution < -0.4 is 10.2 Å². The van der Waals surface area contributed by atoms with Crippen LogP contribution >= 0.6 is 0 Å². The molecule has 0 aliphatic carbocycles. The number of likely N-dealkylation sites (tertiary alicyclic amines) is 1. The maximum atomic E-state index is 12.3. The average Bonchev–Trinajstić information content (AvgIpc) is 3.09. The van der Waals surface area contributed by atoms with E-state index in [9.17, 15) is 4.79 Å². The number of urea groups is 1. The second kappa shape index (κ2) is 7.59. The maximum absolute atomic E-state index is 12.3. The molecule has 3 rings (SSSR count). The minimum absolute atomic E-state index is 0.0635. The van der Waals surface area contributed by atoms with Gasteiger partial charge in [0.2, 0.25) is 5.95 Å². The van der Waals surface area contributed by atoms with Gasteiger partial charge in [-0.05, 0) is 31.5 Å². The van der Waals surface area contributed by atoms with Gasteiger partial charge in [-0.3, -0.25) is 0 Å². The van der Waals surface area contributed by atoms with Crippen LogP contribution in [0.15, 0.2) is 18.5 Å². The zero-order valence-electron chi connectivity index (χ0n) is 13.8. The van der Waals surface area contributed by atoms with E-state index in [2.05, 4.69) is 32.0 Å². The van der Waals surface area contributed by atoms with Gasteiger partial charge in [0.05, 0.1) is 0 Å². The van der Waals surface area contributed by atoms with E-state index in [1.54, 1.807) is 12.4 Å². The van der Waals surface area contributed by atoms with Crippen LogP contribution in [0.3, 0.4) is 0 Å². The fraction of sp³-hybridized carbons (Fsp3) is 0.688. The van der Waals surface area contributed by atoms with E-state index < -0.39 is 0 Å². The van der Waals surface area contributed by atoms with Crippen molar-refractivity contribution in [1.82, 2.24) is 25.1 Å².